The molecule has 0 aromatic rings. The summed E-state index contributed by atoms with van der Waals surface area (Å²) in [4.78, 5) is 2.33. The predicted octanol–water partition coefficient (Wildman–Crippen LogP) is 2.84. The Morgan fingerprint density at radius 2 is 1.76 bits per heavy atom. The fourth-order valence-electron chi connectivity index (χ4n) is 2.22. The summed E-state index contributed by atoms with van der Waals surface area (Å²) in [5.74, 6) is 3.56. The highest BCUT2D eigenvalue weighted by atomic mass is 32.2. The Morgan fingerprint density at radius 3 is 2.24 bits per heavy atom. The Bertz CT molecular complexity index is 208. The molecule has 3 heteroatoms. The van der Waals surface area contributed by atoms with Crippen molar-refractivity contribution in [3.8, 4) is 0 Å². The van der Waals surface area contributed by atoms with E-state index in [0.29, 0.717) is 5.54 Å². The van der Waals surface area contributed by atoms with Gasteiger partial charge in [-0.05, 0) is 72.3 Å². The van der Waals surface area contributed by atoms with Gasteiger partial charge < -0.3 is 10.2 Å². The predicted molar refractivity (Wildman–Crippen MR) is 79.9 cm³/mol. The van der Waals surface area contributed by atoms with Crippen molar-refractivity contribution in [2.45, 2.75) is 51.1 Å². The number of thioether (sulfide) groups is 1. The Kier molecular flexibility index (Phi) is 6.32. The normalized spacial score (nSPS) is 26.5. The molecule has 0 atom stereocenters. The summed E-state index contributed by atoms with van der Waals surface area (Å²) in [6, 6.07) is 0.787. The third kappa shape index (κ3) is 5.19. The molecule has 1 N–H and O–H groups in total. The van der Waals surface area contributed by atoms with Crippen LogP contribution in [-0.2, 0) is 0 Å². The molecule has 0 bridgehead atoms. The first-order valence-electron chi connectivity index (χ1n) is 6.88. The Morgan fingerprint density at radius 1 is 1.18 bits per heavy atom. The van der Waals surface area contributed by atoms with E-state index < -0.39 is 0 Å². The van der Waals surface area contributed by atoms with Gasteiger partial charge in [0.1, 0.15) is 0 Å². The van der Waals surface area contributed by atoms with Gasteiger partial charge in [0.05, 0.1) is 0 Å². The van der Waals surface area contributed by atoms with Crippen LogP contribution in [0, 0.1) is 5.92 Å². The second kappa shape index (κ2) is 7.01. The maximum absolute atomic E-state index is 3.41. The van der Waals surface area contributed by atoms with Crippen LogP contribution >= 0.6 is 11.8 Å². The zero-order valence-electron chi connectivity index (χ0n) is 12.3. The van der Waals surface area contributed by atoms with E-state index in [-0.39, 0.29) is 0 Å². The zero-order chi connectivity index (χ0) is 12.9. The van der Waals surface area contributed by atoms with Crippen molar-refractivity contribution in [2.75, 3.05) is 32.6 Å². The van der Waals surface area contributed by atoms with Gasteiger partial charge >= 0.3 is 0 Å². The largest absolute Gasteiger partial charge is 0.317 e. The van der Waals surface area contributed by atoms with Crippen LogP contribution in [-0.4, -0.2) is 49.1 Å². The molecule has 0 aromatic heterocycles. The number of nitrogens with zero attached hydrogens (tertiary/aromatic N) is 1. The highest BCUT2D eigenvalue weighted by Gasteiger charge is 2.23. The van der Waals surface area contributed by atoms with Gasteiger partial charge in [0.15, 0.2) is 0 Å². The van der Waals surface area contributed by atoms with E-state index in [1.807, 2.05) is 0 Å². The summed E-state index contributed by atoms with van der Waals surface area (Å²) in [5, 5.41) is 3.41. The minimum atomic E-state index is 0.326. The Hall–Kier alpha value is 0.270. The van der Waals surface area contributed by atoms with Gasteiger partial charge in [-0.25, -0.2) is 0 Å². The molecule has 17 heavy (non-hydrogen) atoms. The molecule has 0 saturated heterocycles. The highest BCUT2D eigenvalue weighted by molar-refractivity contribution is 7.99. The van der Waals surface area contributed by atoms with Gasteiger partial charge in [-0.1, -0.05) is 0 Å². The van der Waals surface area contributed by atoms with Gasteiger partial charge in [-0.15, -0.1) is 0 Å². The first kappa shape index (κ1) is 15.3. The van der Waals surface area contributed by atoms with Crippen molar-refractivity contribution in [3.05, 3.63) is 0 Å². The average molecular weight is 258 g/mol. The van der Waals surface area contributed by atoms with Crippen LogP contribution in [0.4, 0.5) is 0 Å². The fourth-order valence-corrected chi connectivity index (χ4v) is 3.76. The van der Waals surface area contributed by atoms with Crippen LogP contribution in [0.2, 0.25) is 0 Å². The van der Waals surface area contributed by atoms with E-state index >= 15 is 0 Å². The standard InChI is InChI=1S/C14H30N2S/c1-14(2,16(4)5)11-17-10-12-6-8-13(15-3)9-7-12/h12-13,15H,6-11H2,1-5H3. The van der Waals surface area contributed by atoms with Crippen molar-refractivity contribution in [1.29, 1.82) is 0 Å². The lowest BCUT2D eigenvalue weighted by atomic mass is 9.87. The molecule has 102 valence electrons. The van der Waals surface area contributed by atoms with Crippen molar-refractivity contribution in [3.63, 3.8) is 0 Å². The van der Waals surface area contributed by atoms with Crippen molar-refractivity contribution < 1.29 is 0 Å². The van der Waals surface area contributed by atoms with E-state index in [0.717, 1.165) is 12.0 Å². The molecule has 0 aromatic carbocycles. The number of hydrogen-bond donors (Lipinski definition) is 1. The lowest BCUT2D eigenvalue weighted by Crippen LogP contribution is -2.40. The van der Waals surface area contributed by atoms with E-state index in [1.165, 1.54) is 37.2 Å². The molecule has 1 aliphatic carbocycles. The van der Waals surface area contributed by atoms with E-state index in [2.05, 4.69) is 57.0 Å². The molecule has 0 amide bonds. The summed E-state index contributed by atoms with van der Waals surface area (Å²) in [5.41, 5.74) is 0.326. The van der Waals surface area contributed by atoms with Crippen molar-refractivity contribution >= 4 is 11.8 Å². The number of nitrogens with one attached hydrogen (secondary N) is 1. The van der Waals surface area contributed by atoms with E-state index in [9.17, 15) is 0 Å². The zero-order valence-corrected chi connectivity index (χ0v) is 13.1. The molecule has 1 fully saturated rings. The molecule has 0 spiro atoms. The average Bonchev–Trinajstić information content (AvgIpc) is 2.29. The van der Waals surface area contributed by atoms with Gasteiger partial charge in [0, 0.05) is 17.3 Å². The minimum absolute atomic E-state index is 0.326. The monoisotopic (exact) mass is 258 g/mol. The Labute approximate surface area is 112 Å². The summed E-state index contributed by atoms with van der Waals surface area (Å²) in [7, 11) is 6.46. The van der Waals surface area contributed by atoms with Crippen LogP contribution in [0.1, 0.15) is 39.5 Å². The minimum Gasteiger partial charge on any atom is -0.317 e. The maximum atomic E-state index is 3.41. The fraction of sp³-hybridized carbons (Fsp3) is 1.00. The third-order valence-electron chi connectivity index (χ3n) is 4.27. The molecule has 1 aliphatic rings. The molecule has 0 unspecified atom stereocenters. The van der Waals surface area contributed by atoms with Gasteiger partial charge in [0.25, 0.3) is 0 Å². The van der Waals surface area contributed by atoms with Gasteiger partial charge in [0.2, 0.25) is 0 Å². The lowest BCUT2D eigenvalue weighted by molar-refractivity contribution is 0.224. The smallest absolute Gasteiger partial charge is 0.0237 e. The molecular formula is C14H30N2S. The molecule has 0 aliphatic heterocycles. The lowest BCUT2D eigenvalue weighted by Gasteiger charge is -2.33. The first-order chi connectivity index (χ1) is 7.95. The maximum Gasteiger partial charge on any atom is 0.0237 e. The van der Waals surface area contributed by atoms with Crippen LogP contribution in [0.15, 0.2) is 0 Å². The van der Waals surface area contributed by atoms with Gasteiger partial charge in [-0.3, -0.25) is 0 Å². The SMILES string of the molecule is CNC1CCC(CSCC(C)(C)N(C)C)CC1. The number of rotatable bonds is 6. The van der Waals surface area contributed by atoms with E-state index in [4.69, 9.17) is 0 Å². The number of hydrogen-bond acceptors (Lipinski definition) is 3. The second-order valence-corrected chi connectivity index (χ2v) is 7.26. The summed E-state index contributed by atoms with van der Waals surface area (Å²) >= 11 is 2.14. The molecule has 1 rings (SSSR count). The molecule has 0 radical (unpaired) electrons. The van der Waals surface area contributed by atoms with E-state index in [1.54, 1.807) is 0 Å². The highest BCUT2D eigenvalue weighted by Crippen LogP contribution is 2.28. The molecule has 2 nitrogen and oxygen atoms in total. The first-order valence-corrected chi connectivity index (χ1v) is 8.03. The van der Waals surface area contributed by atoms with Crippen molar-refractivity contribution in [2.24, 2.45) is 5.92 Å². The molecular weight excluding hydrogens is 228 g/mol. The van der Waals surface area contributed by atoms with Crippen molar-refractivity contribution in [1.82, 2.24) is 10.2 Å². The quantitative estimate of drug-likeness (QED) is 0.789. The summed E-state index contributed by atoms with van der Waals surface area (Å²) < 4.78 is 0. The van der Waals surface area contributed by atoms with Crippen LogP contribution in [0.25, 0.3) is 0 Å². The van der Waals surface area contributed by atoms with Crippen LogP contribution in [0.5, 0.6) is 0 Å². The molecule has 0 heterocycles. The second-order valence-electron chi connectivity index (χ2n) is 6.23. The Balaban J connectivity index is 2.16. The third-order valence-corrected chi connectivity index (χ3v) is 5.89. The topological polar surface area (TPSA) is 15.3 Å². The van der Waals surface area contributed by atoms with Crippen LogP contribution in [0.3, 0.4) is 0 Å². The van der Waals surface area contributed by atoms with Gasteiger partial charge in [-0.2, -0.15) is 11.8 Å². The summed E-state index contributed by atoms with van der Waals surface area (Å²) in [6.07, 6.45) is 5.58. The molecule has 1 saturated carbocycles. The van der Waals surface area contributed by atoms with Crippen LogP contribution < -0.4 is 5.32 Å². The summed E-state index contributed by atoms with van der Waals surface area (Å²) in [6.45, 7) is 4.66.